The number of nitrogens with zero attached hydrogens (tertiary/aromatic N) is 2. The molecule has 0 saturated carbocycles. The van der Waals surface area contributed by atoms with Crippen LogP contribution in [0.1, 0.15) is 57.6 Å². The summed E-state index contributed by atoms with van der Waals surface area (Å²) in [5.74, 6) is -2.26. The first-order chi connectivity index (χ1) is 19.5. The van der Waals surface area contributed by atoms with Crippen LogP contribution in [0.2, 0.25) is 0 Å². The van der Waals surface area contributed by atoms with E-state index in [-0.39, 0.29) is 36.6 Å². The molecule has 5 N–H and O–H groups in total. The van der Waals surface area contributed by atoms with Gasteiger partial charge < -0.3 is 25.7 Å². The van der Waals surface area contributed by atoms with Gasteiger partial charge in [0.25, 0.3) is 0 Å². The number of carbonyl (C=O) groups excluding carboxylic acids is 3. The minimum atomic E-state index is -1.15. The average molecular weight is 568 g/mol. The molecule has 1 aliphatic heterocycles. The predicted octanol–water partition coefficient (Wildman–Crippen LogP) is 1.99. The fraction of sp³-hybridized carbons (Fsp3) is 0.500. The molecule has 0 radical (unpaired) electrons. The van der Waals surface area contributed by atoms with Crippen LogP contribution in [0.15, 0.2) is 48.8 Å². The second kappa shape index (κ2) is 14.6. The zero-order valence-corrected chi connectivity index (χ0v) is 23.9. The summed E-state index contributed by atoms with van der Waals surface area (Å²) in [5, 5.41) is 28.1. The van der Waals surface area contributed by atoms with Crippen molar-refractivity contribution in [3.63, 3.8) is 0 Å². The molecule has 1 aromatic heterocycles. The molecule has 3 amide bonds. The lowest BCUT2D eigenvalue weighted by Gasteiger charge is -2.33. The van der Waals surface area contributed by atoms with Crippen LogP contribution in [0.25, 0.3) is 0 Å². The van der Waals surface area contributed by atoms with E-state index in [0.29, 0.717) is 36.9 Å². The number of hydrogen-bond acceptors (Lipinski definition) is 7. The van der Waals surface area contributed by atoms with Crippen molar-refractivity contribution in [1.29, 1.82) is 0 Å². The van der Waals surface area contributed by atoms with Crippen LogP contribution in [-0.4, -0.2) is 75.1 Å². The number of aromatic nitrogens is 1. The van der Waals surface area contributed by atoms with Crippen LogP contribution in [-0.2, 0) is 32.0 Å². The summed E-state index contributed by atoms with van der Waals surface area (Å²) in [7, 11) is 0. The fourth-order valence-electron chi connectivity index (χ4n) is 4.81. The smallest absolute Gasteiger partial charge is 0.326 e. The third-order valence-electron chi connectivity index (χ3n) is 7.14. The standard InChI is InChI=1S/C30H41N5O6/c1-30(2,3)13-12-23(29(40)41)33-27(38)24(16-21-6-4-14-31-18-21)34-28(39)25(17-20-8-10-22(37)11-9-20)35(19-36)26-7-5-15-32-26/h4,6,8-11,14,18-19,23-26,32,37H,5,7,12-13,15-17H2,1-3H3,(H,33,38)(H,34,39)(H,40,41)/t23-,24-,25-,26-/m0/s1. The Kier molecular flexibility index (Phi) is 11.2. The van der Waals surface area contributed by atoms with Crippen LogP contribution in [0.3, 0.4) is 0 Å². The van der Waals surface area contributed by atoms with Crippen molar-refractivity contribution in [1.82, 2.24) is 25.8 Å². The first kappa shape index (κ1) is 31.5. The number of benzene rings is 1. The van der Waals surface area contributed by atoms with E-state index >= 15 is 0 Å². The number of nitrogens with one attached hydrogen (secondary N) is 3. The van der Waals surface area contributed by atoms with E-state index in [4.69, 9.17) is 0 Å². The van der Waals surface area contributed by atoms with Crippen molar-refractivity contribution < 1.29 is 29.4 Å². The number of pyridine rings is 1. The highest BCUT2D eigenvalue weighted by Crippen LogP contribution is 2.22. The van der Waals surface area contributed by atoms with E-state index in [1.54, 1.807) is 36.7 Å². The van der Waals surface area contributed by atoms with Gasteiger partial charge in [-0.15, -0.1) is 0 Å². The number of hydrogen-bond donors (Lipinski definition) is 5. The van der Waals surface area contributed by atoms with Gasteiger partial charge >= 0.3 is 5.97 Å². The molecule has 0 unspecified atom stereocenters. The molecule has 1 fully saturated rings. The van der Waals surface area contributed by atoms with Crippen LogP contribution in [0.4, 0.5) is 0 Å². The molecule has 11 nitrogen and oxygen atoms in total. The monoisotopic (exact) mass is 567 g/mol. The number of aromatic hydroxyl groups is 1. The lowest BCUT2D eigenvalue weighted by atomic mass is 9.88. The van der Waals surface area contributed by atoms with Crippen LogP contribution < -0.4 is 16.0 Å². The van der Waals surface area contributed by atoms with Crippen LogP contribution in [0.5, 0.6) is 5.75 Å². The number of aliphatic carboxylic acids is 1. The summed E-state index contributed by atoms with van der Waals surface area (Å²) in [6, 6.07) is 6.63. The maximum Gasteiger partial charge on any atom is 0.326 e. The van der Waals surface area contributed by atoms with Crippen LogP contribution >= 0.6 is 0 Å². The predicted molar refractivity (Wildman–Crippen MR) is 153 cm³/mol. The summed E-state index contributed by atoms with van der Waals surface area (Å²) in [6.45, 7) is 6.68. The normalized spacial score (nSPS) is 17.2. The molecule has 1 aliphatic rings. The quantitative estimate of drug-likeness (QED) is 0.217. The Morgan fingerprint density at radius 2 is 1.78 bits per heavy atom. The van der Waals surface area contributed by atoms with Gasteiger partial charge in [-0.2, -0.15) is 0 Å². The Morgan fingerprint density at radius 3 is 2.34 bits per heavy atom. The van der Waals surface area contributed by atoms with Crippen LogP contribution in [0, 0.1) is 5.41 Å². The highest BCUT2D eigenvalue weighted by molar-refractivity contribution is 5.92. The number of amides is 3. The van der Waals surface area contributed by atoms with E-state index in [0.717, 1.165) is 6.42 Å². The Hall–Kier alpha value is -3.99. The Balaban J connectivity index is 1.87. The SMILES string of the molecule is CC(C)(C)CC[C@H](NC(=O)[C@H](Cc1cccnc1)NC(=O)[C@H](Cc1ccc(O)cc1)N(C=O)[C@H]1CCCN1)C(=O)O. The van der Waals surface area contributed by atoms with Gasteiger partial charge in [0, 0.05) is 25.2 Å². The second-order valence-electron chi connectivity index (χ2n) is 11.7. The molecule has 11 heteroatoms. The second-order valence-corrected chi connectivity index (χ2v) is 11.7. The van der Waals surface area contributed by atoms with Gasteiger partial charge in [0.1, 0.15) is 23.9 Å². The first-order valence-corrected chi connectivity index (χ1v) is 13.9. The maximum absolute atomic E-state index is 13.9. The van der Waals surface area contributed by atoms with E-state index < -0.39 is 35.9 Å². The number of carboxylic acid groups (broad SMARTS) is 1. The Labute approximate surface area is 240 Å². The molecular formula is C30H41N5O6. The summed E-state index contributed by atoms with van der Waals surface area (Å²) in [6.07, 6.45) is 6.00. The topological polar surface area (TPSA) is 161 Å². The zero-order chi connectivity index (χ0) is 30.0. The van der Waals surface area contributed by atoms with Gasteiger partial charge in [0.05, 0.1) is 6.17 Å². The third-order valence-corrected chi connectivity index (χ3v) is 7.14. The van der Waals surface area contributed by atoms with Crippen molar-refractivity contribution in [2.45, 2.75) is 83.6 Å². The molecule has 0 spiro atoms. The molecule has 4 atom stereocenters. The summed E-state index contributed by atoms with van der Waals surface area (Å²) >= 11 is 0. The highest BCUT2D eigenvalue weighted by Gasteiger charge is 2.35. The largest absolute Gasteiger partial charge is 0.508 e. The first-order valence-electron chi connectivity index (χ1n) is 13.9. The average Bonchev–Trinajstić information content (AvgIpc) is 3.46. The molecule has 0 bridgehead atoms. The number of phenols is 1. The third kappa shape index (κ3) is 9.86. The maximum atomic E-state index is 13.9. The van der Waals surface area contributed by atoms with E-state index in [1.165, 1.54) is 17.0 Å². The van der Waals surface area contributed by atoms with Crippen molar-refractivity contribution in [3.05, 3.63) is 59.9 Å². The van der Waals surface area contributed by atoms with E-state index in [9.17, 15) is 29.4 Å². The van der Waals surface area contributed by atoms with Crippen molar-refractivity contribution >= 4 is 24.2 Å². The lowest BCUT2D eigenvalue weighted by Crippen LogP contribution is -2.59. The van der Waals surface area contributed by atoms with Crippen molar-refractivity contribution in [2.24, 2.45) is 5.41 Å². The number of carboxylic acids is 1. The lowest BCUT2D eigenvalue weighted by molar-refractivity contribution is -0.143. The number of phenolic OH excluding ortho intramolecular Hbond substituents is 1. The summed E-state index contributed by atoms with van der Waals surface area (Å²) < 4.78 is 0. The Morgan fingerprint density at radius 1 is 1.07 bits per heavy atom. The summed E-state index contributed by atoms with van der Waals surface area (Å²) in [4.78, 5) is 57.1. The zero-order valence-electron chi connectivity index (χ0n) is 23.9. The summed E-state index contributed by atoms with van der Waals surface area (Å²) in [5.41, 5.74) is 1.26. The van der Waals surface area contributed by atoms with Gasteiger partial charge in [0.15, 0.2) is 0 Å². The molecule has 1 aromatic carbocycles. The fourth-order valence-corrected chi connectivity index (χ4v) is 4.81. The number of carbonyl (C=O) groups is 4. The number of rotatable bonds is 14. The van der Waals surface area contributed by atoms with E-state index in [1.807, 2.05) is 20.8 Å². The molecule has 3 rings (SSSR count). The van der Waals surface area contributed by atoms with Gasteiger partial charge in [-0.3, -0.25) is 24.7 Å². The van der Waals surface area contributed by atoms with Crippen molar-refractivity contribution in [3.8, 4) is 5.75 Å². The minimum absolute atomic E-state index is 0.0751. The molecule has 222 valence electrons. The highest BCUT2D eigenvalue weighted by atomic mass is 16.4. The molecule has 0 aliphatic carbocycles. The molecular weight excluding hydrogens is 526 g/mol. The van der Waals surface area contributed by atoms with Gasteiger partial charge in [-0.25, -0.2) is 4.79 Å². The van der Waals surface area contributed by atoms with Gasteiger partial charge in [-0.05, 0) is 67.0 Å². The molecule has 2 heterocycles. The van der Waals surface area contributed by atoms with Gasteiger partial charge in [0.2, 0.25) is 18.2 Å². The molecule has 1 saturated heterocycles. The minimum Gasteiger partial charge on any atom is -0.508 e. The Bertz CT molecular complexity index is 1160. The van der Waals surface area contributed by atoms with E-state index in [2.05, 4.69) is 20.9 Å². The molecule has 41 heavy (non-hydrogen) atoms. The molecule has 2 aromatic rings. The van der Waals surface area contributed by atoms with Crippen molar-refractivity contribution in [2.75, 3.05) is 6.54 Å². The van der Waals surface area contributed by atoms with Gasteiger partial charge in [-0.1, -0.05) is 39.0 Å².